The molecule has 1 fully saturated rings. The fourth-order valence-electron chi connectivity index (χ4n) is 2.84. The van der Waals surface area contributed by atoms with Crippen molar-refractivity contribution in [2.75, 3.05) is 26.2 Å². The van der Waals surface area contributed by atoms with Crippen molar-refractivity contribution in [3.8, 4) is 0 Å². The number of benzene rings is 1. The molecule has 5 heteroatoms. The van der Waals surface area contributed by atoms with Gasteiger partial charge in [0.05, 0.1) is 0 Å². The second kappa shape index (κ2) is 6.85. The lowest BCUT2D eigenvalue weighted by atomic mass is 10.2. The molecular formula is C17H20FN3O. The highest BCUT2D eigenvalue weighted by Crippen LogP contribution is 2.11. The van der Waals surface area contributed by atoms with E-state index in [1.807, 2.05) is 12.1 Å². The summed E-state index contributed by atoms with van der Waals surface area (Å²) in [4.78, 5) is 18.6. The zero-order valence-electron chi connectivity index (χ0n) is 12.5. The van der Waals surface area contributed by atoms with Crippen molar-refractivity contribution in [1.29, 1.82) is 0 Å². The number of halogens is 1. The van der Waals surface area contributed by atoms with Crippen LogP contribution in [0.3, 0.4) is 0 Å². The Balaban J connectivity index is 1.51. The van der Waals surface area contributed by atoms with E-state index in [-0.39, 0.29) is 11.4 Å². The van der Waals surface area contributed by atoms with Crippen LogP contribution < -0.4 is 5.56 Å². The Morgan fingerprint density at radius 1 is 0.955 bits per heavy atom. The third-order valence-corrected chi connectivity index (χ3v) is 4.01. The summed E-state index contributed by atoms with van der Waals surface area (Å²) in [5.74, 6) is -0.176. The molecule has 0 spiro atoms. The van der Waals surface area contributed by atoms with Crippen molar-refractivity contribution in [1.82, 2.24) is 14.8 Å². The molecule has 1 N–H and O–H groups in total. The van der Waals surface area contributed by atoms with Crippen LogP contribution in [0, 0.1) is 5.82 Å². The lowest BCUT2D eigenvalue weighted by molar-refractivity contribution is 0.122. The summed E-state index contributed by atoms with van der Waals surface area (Å²) in [6.07, 6.45) is 1.69. The average Bonchev–Trinajstić information content (AvgIpc) is 2.49. The molecule has 2 aromatic rings. The second-order valence-electron chi connectivity index (χ2n) is 5.74. The molecule has 0 unspecified atom stereocenters. The minimum absolute atomic E-state index is 0.0535. The quantitative estimate of drug-likeness (QED) is 0.936. The number of nitrogens with one attached hydrogen (secondary N) is 1. The first-order valence-electron chi connectivity index (χ1n) is 7.56. The highest BCUT2D eigenvalue weighted by Gasteiger charge is 2.17. The van der Waals surface area contributed by atoms with Crippen LogP contribution in [-0.2, 0) is 13.1 Å². The minimum atomic E-state index is -0.176. The number of nitrogens with zero attached hydrogens (tertiary/aromatic N) is 2. The number of hydrogen-bond donors (Lipinski definition) is 1. The molecule has 4 nitrogen and oxygen atoms in total. The van der Waals surface area contributed by atoms with Gasteiger partial charge in [-0.25, -0.2) is 4.39 Å². The Hall–Kier alpha value is -1.98. The summed E-state index contributed by atoms with van der Waals surface area (Å²) in [6.45, 7) is 5.43. The first-order valence-corrected chi connectivity index (χ1v) is 7.56. The van der Waals surface area contributed by atoms with Crippen molar-refractivity contribution < 1.29 is 4.39 Å². The lowest BCUT2D eigenvalue weighted by Crippen LogP contribution is -2.45. The average molecular weight is 301 g/mol. The molecule has 0 atom stereocenters. The highest BCUT2D eigenvalue weighted by molar-refractivity contribution is 5.16. The summed E-state index contributed by atoms with van der Waals surface area (Å²) < 4.78 is 13.2. The number of pyridine rings is 1. The molecule has 1 aromatic carbocycles. The predicted molar refractivity (Wildman–Crippen MR) is 84.0 cm³/mol. The molecular weight excluding hydrogens is 281 g/mol. The van der Waals surface area contributed by atoms with Crippen LogP contribution in [0.25, 0.3) is 0 Å². The van der Waals surface area contributed by atoms with Gasteiger partial charge in [0.25, 0.3) is 0 Å². The van der Waals surface area contributed by atoms with E-state index in [9.17, 15) is 9.18 Å². The SMILES string of the molecule is O=c1cc(CN2CCN(Cc3cccc(F)c3)CC2)cc[nH]1. The Morgan fingerprint density at radius 3 is 2.18 bits per heavy atom. The van der Waals surface area contributed by atoms with Gasteiger partial charge >= 0.3 is 0 Å². The minimum Gasteiger partial charge on any atom is -0.329 e. The predicted octanol–water partition coefficient (Wildman–Crippen LogP) is 1.83. The summed E-state index contributed by atoms with van der Waals surface area (Å²) >= 11 is 0. The van der Waals surface area contributed by atoms with Crippen LogP contribution in [0.4, 0.5) is 4.39 Å². The summed E-state index contributed by atoms with van der Waals surface area (Å²) in [5, 5.41) is 0. The zero-order chi connectivity index (χ0) is 15.4. The highest BCUT2D eigenvalue weighted by atomic mass is 19.1. The van der Waals surface area contributed by atoms with E-state index >= 15 is 0 Å². The van der Waals surface area contributed by atoms with E-state index in [0.29, 0.717) is 0 Å². The number of aromatic nitrogens is 1. The molecule has 116 valence electrons. The smallest absolute Gasteiger partial charge is 0.248 e. The van der Waals surface area contributed by atoms with Gasteiger partial charge in [0.2, 0.25) is 5.56 Å². The molecule has 1 saturated heterocycles. The first kappa shape index (κ1) is 14.9. The van der Waals surface area contributed by atoms with Crippen LogP contribution in [0.1, 0.15) is 11.1 Å². The Bertz CT molecular complexity index is 677. The van der Waals surface area contributed by atoms with Gasteiger partial charge in [-0.3, -0.25) is 14.6 Å². The van der Waals surface area contributed by atoms with Gasteiger partial charge in [0.15, 0.2) is 0 Å². The first-order chi connectivity index (χ1) is 10.7. The maximum atomic E-state index is 13.2. The maximum absolute atomic E-state index is 13.2. The van der Waals surface area contributed by atoms with Crippen LogP contribution in [0.15, 0.2) is 47.4 Å². The summed E-state index contributed by atoms with van der Waals surface area (Å²) in [7, 11) is 0. The Kier molecular flexibility index (Phi) is 4.65. The van der Waals surface area contributed by atoms with Crippen molar-refractivity contribution in [3.05, 3.63) is 69.9 Å². The number of piperazine rings is 1. The standard InChI is InChI=1S/C17H20FN3O/c18-16-3-1-2-14(10-16)12-20-6-8-21(9-7-20)13-15-4-5-19-17(22)11-15/h1-5,10-11H,6-9,12-13H2,(H,19,22). The third-order valence-electron chi connectivity index (χ3n) is 4.01. The molecule has 0 radical (unpaired) electrons. The van der Waals surface area contributed by atoms with E-state index < -0.39 is 0 Å². The van der Waals surface area contributed by atoms with Crippen molar-refractivity contribution in [2.24, 2.45) is 0 Å². The molecule has 2 heterocycles. The van der Waals surface area contributed by atoms with Gasteiger partial charge in [0.1, 0.15) is 5.82 Å². The van der Waals surface area contributed by atoms with E-state index in [2.05, 4.69) is 14.8 Å². The molecule has 1 aliphatic heterocycles. The fourth-order valence-corrected chi connectivity index (χ4v) is 2.84. The van der Waals surface area contributed by atoms with Crippen molar-refractivity contribution in [3.63, 3.8) is 0 Å². The number of hydrogen-bond acceptors (Lipinski definition) is 3. The van der Waals surface area contributed by atoms with Crippen molar-refractivity contribution >= 4 is 0 Å². The van der Waals surface area contributed by atoms with Gasteiger partial charge in [-0.2, -0.15) is 0 Å². The van der Waals surface area contributed by atoms with E-state index in [1.165, 1.54) is 6.07 Å². The normalized spacial score (nSPS) is 16.8. The van der Waals surface area contributed by atoms with E-state index in [4.69, 9.17) is 0 Å². The molecule has 0 saturated carbocycles. The Labute approximate surface area is 129 Å². The third kappa shape index (κ3) is 4.02. The fraction of sp³-hybridized carbons (Fsp3) is 0.353. The topological polar surface area (TPSA) is 39.3 Å². The van der Waals surface area contributed by atoms with Gasteiger partial charge < -0.3 is 4.98 Å². The number of rotatable bonds is 4. The molecule has 0 bridgehead atoms. The second-order valence-corrected chi connectivity index (χ2v) is 5.74. The number of H-pyrrole nitrogens is 1. The molecule has 1 aromatic heterocycles. The van der Waals surface area contributed by atoms with Crippen LogP contribution in [-0.4, -0.2) is 41.0 Å². The molecule has 1 aliphatic rings. The molecule has 22 heavy (non-hydrogen) atoms. The number of aromatic amines is 1. The lowest BCUT2D eigenvalue weighted by Gasteiger charge is -2.34. The molecule has 0 aliphatic carbocycles. The van der Waals surface area contributed by atoms with Crippen LogP contribution >= 0.6 is 0 Å². The summed E-state index contributed by atoms with van der Waals surface area (Å²) in [6, 6.07) is 10.4. The molecule has 3 rings (SSSR count). The van der Waals surface area contributed by atoms with Gasteiger partial charge in [-0.05, 0) is 29.3 Å². The summed E-state index contributed by atoms with van der Waals surface area (Å²) in [5.41, 5.74) is 2.01. The maximum Gasteiger partial charge on any atom is 0.248 e. The van der Waals surface area contributed by atoms with Crippen LogP contribution in [0.5, 0.6) is 0 Å². The van der Waals surface area contributed by atoms with E-state index in [0.717, 1.165) is 50.4 Å². The van der Waals surface area contributed by atoms with Crippen molar-refractivity contribution in [2.45, 2.75) is 13.1 Å². The van der Waals surface area contributed by atoms with Gasteiger partial charge in [0, 0.05) is 51.5 Å². The Morgan fingerprint density at radius 2 is 1.59 bits per heavy atom. The largest absolute Gasteiger partial charge is 0.329 e. The van der Waals surface area contributed by atoms with E-state index in [1.54, 1.807) is 24.4 Å². The monoisotopic (exact) mass is 301 g/mol. The zero-order valence-corrected chi connectivity index (χ0v) is 12.5. The van der Waals surface area contributed by atoms with Crippen LogP contribution in [0.2, 0.25) is 0 Å². The van der Waals surface area contributed by atoms with Gasteiger partial charge in [-0.15, -0.1) is 0 Å². The molecule has 0 amide bonds. The van der Waals surface area contributed by atoms with Gasteiger partial charge in [-0.1, -0.05) is 12.1 Å².